The number of benzene rings is 1. The number of amides is 1. The van der Waals surface area contributed by atoms with E-state index in [1.165, 1.54) is 0 Å². The molecule has 2 rings (SSSR count). The Labute approximate surface area is 144 Å². The average molecular weight is 335 g/mol. The number of carbonyl (C=O) groups is 1. The molecule has 1 aliphatic rings. The summed E-state index contributed by atoms with van der Waals surface area (Å²) in [5.74, 6) is 0.696. The minimum Gasteiger partial charge on any atom is -0.491 e. The van der Waals surface area contributed by atoms with Crippen molar-refractivity contribution in [2.75, 3.05) is 13.2 Å². The van der Waals surface area contributed by atoms with Crippen molar-refractivity contribution in [1.29, 1.82) is 0 Å². The molecule has 0 radical (unpaired) electrons. The fraction of sp³-hybridized carbons (Fsp3) is 0.632. The molecular weight excluding hydrogens is 306 g/mol. The third-order valence-electron chi connectivity index (χ3n) is 4.01. The summed E-state index contributed by atoms with van der Waals surface area (Å²) in [5, 5.41) is 2.99. The van der Waals surface area contributed by atoms with Crippen LogP contribution in [0.3, 0.4) is 0 Å². The second kappa shape index (κ2) is 9.04. The highest BCUT2D eigenvalue weighted by molar-refractivity contribution is 5.80. The predicted octanol–water partition coefficient (Wildman–Crippen LogP) is 3.24. The van der Waals surface area contributed by atoms with Gasteiger partial charge in [0, 0.05) is 6.61 Å². The molecule has 0 aliphatic carbocycles. The highest BCUT2D eigenvalue weighted by atomic mass is 16.5. The van der Waals surface area contributed by atoms with Crippen molar-refractivity contribution in [1.82, 2.24) is 5.32 Å². The number of carbonyl (C=O) groups excluding carboxylic acids is 1. The molecule has 0 spiro atoms. The van der Waals surface area contributed by atoms with Crippen LogP contribution in [0.5, 0.6) is 5.75 Å². The van der Waals surface area contributed by atoms with Crippen molar-refractivity contribution in [3.8, 4) is 5.75 Å². The molecule has 1 aromatic carbocycles. The fourth-order valence-electron chi connectivity index (χ4n) is 2.65. The van der Waals surface area contributed by atoms with Crippen LogP contribution >= 0.6 is 0 Å². The van der Waals surface area contributed by atoms with Gasteiger partial charge in [-0.1, -0.05) is 12.1 Å². The lowest BCUT2D eigenvalue weighted by atomic mass is 10.1. The summed E-state index contributed by atoms with van der Waals surface area (Å²) < 4.78 is 16.8. The smallest absolute Gasteiger partial charge is 0.249 e. The molecule has 1 N–H and O–H groups in total. The first-order valence-electron chi connectivity index (χ1n) is 8.76. The monoisotopic (exact) mass is 335 g/mol. The lowest BCUT2D eigenvalue weighted by Gasteiger charge is -2.20. The van der Waals surface area contributed by atoms with Gasteiger partial charge in [0.25, 0.3) is 0 Å². The molecular formula is C19H29NO4. The van der Waals surface area contributed by atoms with Crippen molar-refractivity contribution in [3.05, 3.63) is 29.8 Å². The van der Waals surface area contributed by atoms with Crippen LogP contribution in [0.1, 0.15) is 52.1 Å². The van der Waals surface area contributed by atoms with Crippen LogP contribution in [-0.4, -0.2) is 37.4 Å². The normalized spacial score (nSPS) is 20.0. The van der Waals surface area contributed by atoms with Gasteiger partial charge < -0.3 is 19.5 Å². The molecule has 1 aromatic rings. The average Bonchev–Trinajstić information content (AvgIpc) is 3.05. The van der Waals surface area contributed by atoms with Crippen molar-refractivity contribution in [3.63, 3.8) is 0 Å². The summed E-state index contributed by atoms with van der Waals surface area (Å²) in [5.41, 5.74) is 1.01. The number of rotatable bonds is 8. The summed E-state index contributed by atoms with van der Waals surface area (Å²) >= 11 is 0. The predicted molar refractivity (Wildman–Crippen MR) is 93.2 cm³/mol. The highest BCUT2D eigenvalue weighted by Crippen LogP contribution is 2.20. The first-order chi connectivity index (χ1) is 11.5. The molecule has 5 heteroatoms. The number of hydrogen-bond acceptors (Lipinski definition) is 4. The summed E-state index contributed by atoms with van der Waals surface area (Å²) in [6.45, 7) is 8.98. The Morgan fingerprint density at radius 1 is 1.33 bits per heavy atom. The maximum atomic E-state index is 12.3. The van der Waals surface area contributed by atoms with Crippen LogP contribution in [0, 0.1) is 0 Å². The van der Waals surface area contributed by atoms with Crippen molar-refractivity contribution < 1.29 is 19.0 Å². The molecule has 1 amide bonds. The lowest BCUT2D eigenvalue weighted by Crippen LogP contribution is -2.37. The van der Waals surface area contributed by atoms with Crippen LogP contribution in [0.25, 0.3) is 0 Å². The minimum atomic E-state index is -0.494. The quantitative estimate of drug-likeness (QED) is 0.792. The SMILES string of the molecule is CC(C)Oc1cccc([C@H](C)NC(=O)[C@H](C)OC[C@H]2CCCO2)c1. The topological polar surface area (TPSA) is 56.8 Å². The van der Waals surface area contributed by atoms with Gasteiger partial charge in [0.2, 0.25) is 5.91 Å². The molecule has 24 heavy (non-hydrogen) atoms. The number of ether oxygens (including phenoxy) is 3. The Bertz CT molecular complexity index is 526. The molecule has 1 fully saturated rings. The van der Waals surface area contributed by atoms with Gasteiger partial charge in [-0.2, -0.15) is 0 Å². The fourth-order valence-corrected chi connectivity index (χ4v) is 2.65. The number of hydrogen-bond donors (Lipinski definition) is 1. The Morgan fingerprint density at radius 2 is 2.12 bits per heavy atom. The van der Waals surface area contributed by atoms with Gasteiger partial charge in [0.05, 0.1) is 24.9 Å². The van der Waals surface area contributed by atoms with Gasteiger partial charge >= 0.3 is 0 Å². The van der Waals surface area contributed by atoms with E-state index in [1.54, 1.807) is 6.92 Å². The number of nitrogens with one attached hydrogen (secondary N) is 1. The van der Waals surface area contributed by atoms with Crippen molar-refractivity contribution in [2.24, 2.45) is 0 Å². The molecule has 0 bridgehead atoms. The second-order valence-corrected chi connectivity index (χ2v) is 6.58. The van der Waals surface area contributed by atoms with E-state index in [9.17, 15) is 4.79 Å². The van der Waals surface area contributed by atoms with Gasteiger partial charge in [-0.15, -0.1) is 0 Å². The van der Waals surface area contributed by atoms with Crippen LogP contribution < -0.4 is 10.1 Å². The zero-order valence-electron chi connectivity index (χ0n) is 15.1. The second-order valence-electron chi connectivity index (χ2n) is 6.58. The molecule has 1 saturated heterocycles. The van der Waals surface area contributed by atoms with Crippen LogP contribution in [0.2, 0.25) is 0 Å². The van der Waals surface area contributed by atoms with E-state index in [0.29, 0.717) is 6.61 Å². The van der Waals surface area contributed by atoms with Crippen molar-refractivity contribution >= 4 is 5.91 Å². The summed E-state index contributed by atoms with van der Waals surface area (Å²) in [7, 11) is 0. The Balaban J connectivity index is 1.83. The molecule has 5 nitrogen and oxygen atoms in total. The standard InChI is InChI=1S/C19H29NO4/c1-13(2)24-17-8-5-7-16(11-17)14(3)20-19(21)15(4)23-12-18-9-6-10-22-18/h5,7-8,11,13-15,18H,6,9-10,12H2,1-4H3,(H,20,21)/t14-,15-,18+/m0/s1. The molecule has 0 unspecified atom stereocenters. The van der Waals surface area contributed by atoms with E-state index in [0.717, 1.165) is 30.8 Å². The summed E-state index contributed by atoms with van der Waals surface area (Å²) in [4.78, 5) is 12.3. The molecule has 0 saturated carbocycles. The first-order valence-corrected chi connectivity index (χ1v) is 8.76. The highest BCUT2D eigenvalue weighted by Gasteiger charge is 2.21. The van der Waals surface area contributed by atoms with Gasteiger partial charge in [-0.25, -0.2) is 0 Å². The minimum absolute atomic E-state index is 0.109. The zero-order chi connectivity index (χ0) is 17.5. The van der Waals surface area contributed by atoms with Crippen molar-refractivity contribution in [2.45, 2.75) is 64.9 Å². The molecule has 134 valence electrons. The zero-order valence-corrected chi connectivity index (χ0v) is 15.1. The van der Waals surface area contributed by atoms with E-state index in [2.05, 4.69) is 5.32 Å². The van der Waals surface area contributed by atoms with Crippen LogP contribution in [0.15, 0.2) is 24.3 Å². The van der Waals surface area contributed by atoms with Gasteiger partial charge in [0.15, 0.2) is 0 Å². The van der Waals surface area contributed by atoms with E-state index in [1.807, 2.05) is 45.0 Å². The van der Waals surface area contributed by atoms with E-state index in [4.69, 9.17) is 14.2 Å². The Kier molecular flexibility index (Phi) is 7.06. The third kappa shape index (κ3) is 5.80. The van der Waals surface area contributed by atoms with E-state index < -0.39 is 6.10 Å². The first kappa shape index (κ1) is 18.7. The summed E-state index contributed by atoms with van der Waals surface area (Å²) in [6.07, 6.45) is 1.83. The molecule has 1 aliphatic heterocycles. The lowest BCUT2D eigenvalue weighted by molar-refractivity contribution is -0.134. The van der Waals surface area contributed by atoms with E-state index >= 15 is 0 Å². The largest absolute Gasteiger partial charge is 0.491 e. The van der Waals surface area contributed by atoms with Crippen LogP contribution in [-0.2, 0) is 14.3 Å². The Morgan fingerprint density at radius 3 is 2.79 bits per heavy atom. The third-order valence-corrected chi connectivity index (χ3v) is 4.01. The maximum Gasteiger partial charge on any atom is 0.249 e. The van der Waals surface area contributed by atoms with Gasteiger partial charge in [-0.3, -0.25) is 4.79 Å². The molecule has 0 aromatic heterocycles. The summed E-state index contributed by atoms with van der Waals surface area (Å²) in [6, 6.07) is 7.69. The molecule has 3 atom stereocenters. The van der Waals surface area contributed by atoms with Crippen LogP contribution in [0.4, 0.5) is 0 Å². The van der Waals surface area contributed by atoms with E-state index in [-0.39, 0.29) is 24.2 Å². The van der Waals surface area contributed by atoms with Gasteiger partial charge in [0.1, 0.15) is 11.9 Å². The van der Waals surface area contributed by atoms with Gasteiger partial charge in [-0.05, 0) is 58.2 Å². The Hall–Kier alpha value is -1.59. The molecule has 1 heterocycles. The maximum absolute atomic E-state index is 12.3.